The first-order chi connectivity index (χ1) is 9.45. The molecule has 20 heavy (non-hydrogen) atoms. The van der Waals surface area contributed by atoms with Crippen molar-refractivity contribution >= 4 is 10.0 Å². The molecular weight excluding hydrogens is 278 g/mol. The van der Waals surface area contributed by atoms with Gasteiger partial charge in [0.15, 0.2) is 0 Å². The highest BCUT2D eigenvalue weighted by Gasteiger charge is 2.50. The van der Waals surface area contributed by atoms with Crippen molar-refractivity contribution in [2.24, 2.45) is 5.92 Å². The minimum Gasteiger partial charge on any atom is -0.388 e. The quantitative estimate of drug-likeness (QED) is 0.875. The second-order valence-corrected chi connectivity index (χ2v) is 7.40. The number of hydrogen-bond donors (Lipinski definition) is 1. The molecule has 2 heterocycles. The molecule has 1 atom stereocenters. The van der Waals surface area contributed by atoms with Gasteiger partial charge in [-0.05, 0) is 37.3 Å². The smallest absolute Gasteiger partial charge is 0.244 e. The SMILES string of the molecule is N#Cc1ccc(S(=O)(=O)N2CCC(O)(C3CC3)C2)cn1. The molecule has 1 N–H and O–H groups in total. The van der Waals surface area contributed by atoms with E-state index >= 15 is 0 Å². The van der Waals surface area contributed by atoms with Crippen LogP contribution < -0.4 is 0 Å². The monoisotopic (exact) mass is 293 g/mol. The molecule has 2 fully saturated rings. The highest BCUT2D eigenvalue weighted by Crippen LogP contribution is 2.45. The second kappa shape index (κ2) is 4.52. The van der Waals surface area contributed by atoms with Crippen LogP contribution in [0.1, 0.15) is 25.0 Å². The zero-order chi connectivity index (χ0) is 14.4. The molecule has 1 unspecified atom stereocenters. The third-order valence-corrected chi connectivity index (χ3v) is 5.90. The summed E-state index contributed by atoms with van der Waals surface area (Å²) in [5.74, 6) is 0.238. The molecule has 0 amide bonds. The summed E-state index contributed by atoms with van der Waals surface area (Å²) in [6, 6.07) is 4.62. The van der Waals surface area contributed by atoms with E-state index in [1.807, 2.05) is 6.07 Å². The molecule has 0 bridgehead atoms. The third kappa shape index (κ3) is 2.20. The normalized spacial score (nSPS) is 27.4. The van der Waals surface area contributed by atoms with Crippen LogP contribution >= 0.6 is 0 Å². The third-order valence-electron chi connectivity index (χ3n) is 4.07. The summed E-state index contributed by atoms with van der Waals surface area (Å²) in [5.41, 5.74) is -0.688. The minimum atomic E-state index is -3.64. The van der Waals surface area contributed by atoms with Crippen LogP contribution in [0.2, 0.25) is 0 Å². The van der Waals surface area contributed by atoms with Crippen molar-refractivity contribution in [2.75, 3.05) is 13.1 Å². The van der Waals surface area contributed by atoms with Crippen molar-refractivity contribution in [3.63, 3.8) is 0 Å². The van der Waals surface area contributed by atoms with Crippen molar-refractivity contribution in [3.05, 3.63) is 24.0 Å². The van der Waals surface area contributed by atoms with Crippen molar-refractivity contribution in [1.82, 2.24) is 9.29 Å². The Morgan fingerprint density at radius 2 is 2.20 bits per heavy atom. The zero-order valence-corrected chi connectivity index (χ0v) is 11.7. The van der Waals surface area contributed by atoms with Crippen LogP contribution in [0.5, 0.6) is 0 Å². The van der Waals surface area contributed by atoms with Crippen molar-refractivity contribution < 1.29 is 13.5 Å². The Labute approximate surface area is 117 Å². The number of aromatic nitrogens is 1. The Morgan fingerprint density at radius 1 is 1.45 bits per heavy atom. The number of rotatable bonds is 3. The molecule has 6 nitrogen and oxygen atoms in total. The van der Waals surface area contributed by atoms with Crippen LogP contribution in [0.15, 0.2) is 23.2 Å². The van der Waals surface area contributed by atoms with Gasteiger partial charge in [-0.1, -0.05) is 0 Å². The van der Waals surface area contributed by atoms with Gasteiger partial charge < -0.3 is 5.11 Å². The lowest BCUT2D eigenvalue weighted by Crippen LogP contribution is -2.37. The Bertz CT molecular complexity index is 661. The molecule has 0 spiro atoms. The van der Waals surface area contributed by atoms with E-state index < -0.39 is 15.6 Å². The fourth-order valence-corrected chi connectivity index (χ4v) is 4.14. The molecule has 7 heteroatoms. The molecule has 1 aliphatic carbocycles. The number of aliphatic hydroxyl groups is 1. The fraction of sp³-hybridized carbons (Fsp3) is 0.538. The van der Waals surface area contributed by atoms with E-state index in [0.29, 0.717) is 13.0 Å². The largest absolute Gasteiger partial charge is 0.388 e. The maximum absolute atomic E-state index is 12.5. The Kier molecular flexibility index (Phi) is 3.05. The molecule has 0 radical (unpaired) electrons. The summed E-state index contributed by atoms with van der Waals surface area (Å²) in [6.07, 6.45) is 3.63. The summed E-state index contributed by atoms with van der Waals surface area (Å²) in [4.78, 5) is 3.86. The summed E-state index contributed by atoms with van der Waals surface area (Å²) in [6.45, 7) is 0.481. The molecule has 106 valence electrons. The molecule has 1 saturated carbocycles. The Balaban J connectivity index is 1.83. The lowest BCUT2D eigenvalue weighted by atomic mass is 9.97. The second-order valence-electron chi connectivity index (χ2n) is 5.46. The highest BCUT2D eigenvalue weighted by atomic mass is 32.2. The first kappa shape index (κ1) is 13.5. The Morgan fingerprint density at radius 3 is 2.75 bits per heavy atom. The number of pyridine rings is 1. The molecule has 2 aliphatic rings. The maximum atomic E-state index is 12.5. The van der Waals surface area contributed by atoms with Crippen LogP contribution in [0.25, 0.3) is 0 Å². The van der Waals surface area contributed by atoms with Gasteiger partial charge in [0, 0.05) is 19.3 Å². The van der Waals surface area contributed by atoms with E-state index in [9.17, 15) is 13.5 Å². The van der Waals surface area contributed by atoms with E-state index in [0.717, 1.165) is 12.8 Å². The van der Waals surface area contributed by atoms with E-state index in [2.05, 4.69) is 4.98 Å². The van der Waals surface area contributed by atoms with Gasteiger partial charge in [-0.2, -0.15) is 9.57 Å². The molecule has 0 aromatic carbocycles. The number of nitrogens with zero attached hydrogens (tertiary/aromatic N) is 3. The summed E-state index contributed by atoms with van der Waals surface area (Å²) in [5, 5.41) is 19.1. The van der Waals surface area contributed by atoms with E-state index in [1.54, 1.807) is 0 Å². The fourth-order valence-electron chi connectivity index (χ4n) is 2.69. The van der Waals surface area contributed by atoms with Crippen LogP contribution in [-0.4, -0.2) is 41.5 Å². The lowest BCUT2D eigenvalue weighted by molar-refractivity contribution is 0.0331. The molecule has 1 aromatic rings. The number of sulfonamides is 1. The molecule has 1 aliphatic heterocycles. The van der Waals surface area contributed by atoms with E-state index in [1.165, 1.54) is 22.6 Å². The van der Waals surface area contributed by atoms with Gasteiger partial charge in [0.2, 0.25) is 10.0 Å². The summed E-state index contributed by atoms with van der Waals surface area (Å²) < 4.78 is 26.2. The zero-order valence-electron chi connectivity index (χ0n) is 10.9. The standard InChI is InChI=1S/C13H15N3O3S/c14-7-11-3-4-12(8-15-11)20(18,19)16-6-5-13(17,9-16)10-1-2-10/h3-4,8,10,17H,1-2,5-6,9H2. The van der Waals surface area contributed by atoms with Crippen LogP contribution in [0.4, 0.5) is 0 Å². The number of hydrogen-bond acceptors (Lipinski definition) is 5. The van der Waals surface area contributed by atoms with Crippen LogP contribution in [0, 0.1) is 17.2 Å². The van der Waals surface area contributed by atoms with Crippen molar-refractivity contribution in [2.45, 2.75) is 29.8 Å². The molecular formula is C13H15N3O3S. The van der Waals surface area contributed by atoms with Gasteiger partial charge in [0.1, 0.15) is 16.7 Å². The molecule has 3 rings (SSSR count). The van der Waals surface area contributed by atoms with Gasteiger partial charge in [-0.15, -0.1) is 0 Å². The lowest BCUT2D eigenvalue weighted by Gasteiger charge is -2.22. The Hall–Kier alpha value is -1.49. The predicted molar refractivity (Wildman–Crippen MR) is 70.0 cm³/mol. The molecule has 1 saturated heterocycles. The van der Waals surface area contributed by atoms with Gasteiger partial charge in [-0.25, -0.2) is 13.4 Å². The minimum absolute atomic E-state index is 0.0662. The van der Waals surface area contributed by atoms with E-state index in [4.69, 9.17) is 5.26 Å². The average Bonchev–Trinajstić information content (AvgIpc) is 3.23. The van der Waals surface area contributed by atoms with Gasteiger partial charge in [0.25, 0.3) is 0 Å². The number of β-amino-alcohol motifs (C(OH)–C–C–N with tert-alkyl or cyclic N) is 1. The van der Waals surface area contributed by atoms with Crippen molar-refractivity contribution in [1.29, 1.82) is 5.26 Å². The first-order valence-electron chi connectivity index (χ1n) is 6.54. The summed E-state index contributed by atoms with van der Waals surface area (Å²) in [7, 11) is -3.64. The van der Waals surface area contributed by atoms with E-state index in [-0.39, 0.29) is 23.1 Å². The summed E-state index contributed by atoms with van der Waals surface area (Å²) >= 11 is 0. The maximum Gasteiger partial charge on any atom is 0.244 e. The van der Waals surface area contributed by atoms with Crippen molar-refractivity contribution in [3.8, 4) is 6.07 Å². The highest BCUT2D eigenvalue weighted by molar-refractivity contribution is 7.89. The average molecular weight is 293 g/mol. The molecule has 1 aromatic heterocycles. The van der Waals surface area contributed by atoms with Crippen LogP contribution in [0.3, 0.4) is 0 Å². The van der Waals surface area contributed by atoms with Gasteiger partial charge in [0.05, 0.1) is 5.60 Å². The number of nitriles is 1. The van der Waals surface area contributed by atoms with Gasteiger partial charge in [-0.3, -0.25) is 0 Å². The topological polar surface area (TPSA) is 94.3 Å². The first-order valence-corrected chi connectivity index (χ1v) is 7.98. The van der Waals surface area contributed by atoms with Gasteiger partial charge >= 0.3 is 0 Å². The van der Waals surface area contributed by atoms with Crippen LogP contribution in [-0.2, 0) is 10.0 Å². The predicted octanol–water partition coefficient (Wildman–Crippen LogP) is 0.489.